The molecule has 1 heterocycles. The Morgan fingerprint density at radius 1 is 1.04 bits per heavy atom. The number of hydrogen-bond acceptors (Lipinski definition) is 6. The van der Waals surface area contributed by atoms with Crippen LogP contribution >= 0.6 is 0 Å². The van der Waals surface area contributed by atoms with Crippen LogP contribution < -0.4 is 14.8 Å². The molecule has 0 aliphatic heterocycles. The molecule has 3 rings (SSSR count). The van der Waals surface area contributed by atoms with Gasteiger partial charge in [-0.1, -0.05) is 18.2 Å². The molecule has 0 amide bonds. The summed E-state index contributed by atoms with van der Waals surface area (Å²) in [5, 5.41) is 3.96. The first-order valence-corrected chi connectivity index (χ1v) is 8.22. The summed E-state index contributed by atoms with van der Waals surface area (Å²) in [5.41, 5.74) is 2.32. The number of hydrogen-bond donors (Lipinski definition) is 1. The van der Waals surface area contributed by atoms with Crippen molar-refractivity contribution in [3.05, 3.63) is 54.2 Å². The number of esters is 1. The van der Waals surface area contributed by atoms with E-state index in [-0.39, 0.29) is 6.61 Å². The molecule has 0 bridgehead atoms. The lowest BCUT2D eigenvalue weighted by Gasteiger charge is -2.17. The van der Waals surface area contributed by atoms with E-state index in [9.17, 15) is 4.79 Å². The van der Waals surface area contributed by atoms with Crippen LogP contribution in [0, 0.1) is 0 Å². The number of fused-ring (bicyclic) bond motifs is 1. The molecule has 3 aromatic rings. The summed E-state index contributed by atoms with van der Waals surface area (Å²) in [6.07, 6.45) is 1.49. The summed E-state index contributed by atoms with van der Waals surface area (Å²) in [4.78, 5) is 16.9. The summed E-state index contributed by atoms with van der Waals surface area (Å²) in [6.45, 7) is 2.04. The van der Waals surface area contributed by atoms with Crippen molar-refractivity contribution < 1.29 is 19.0 Å². The Labute approximate surface area is 151 Å². The second-order valence-electron chi connectivity index (χ2n) is 5.45. The summed E-state index contributed by atoms with van der Waals surface area (Å²) >= 11 is 0. The third-order valence-electron chi connectivity index (χ3n) is 3.92. The zero-order valence-corrected chi connectivity index (χ0v) is 14.9. The molecule has 0 spiro atoms. The predicted octanol–water partition coefficient (Wildman–Crippen LogP) is 4.17. The number of ether oxygens (including phenoxy) is 3. The van der Waals surface area contributed by atoms with E-state index in [0.29, 0.717) is 33.7 Å². The molecule has 0 aliphatic rings. The van der Waals surface area contributed by atoms with Gasteiger partial charge in [-0.3, -0.25) is 4.98 Å². The molecule has 0 saturated carbocycles. The van der Waals surface area contributed by atoms with Crippen LogP contribution in [0.15, 0.2) is 48.7 Å². The van der Waals surface area contributed by atoms with Gasteiger partial charge in [-0.15, -0.1) is 0 Å². The largest absolute Gasteiger partial charge is 0.496 e. The molecule has 0 fully saturated rings. The van der Waals surface area contributed by atoms with Gasteiger partial charge < -0.3 is 19.5 Å². The lowest BCUT2D eigenvalue weighted by molar-refractivity contribution is 0.0527. The molecule has 0 aliphatic carbocycles. The Hall–Kier alpha value is -3.28. The quantitative estimate of drug-likeness (QED) is 0.672. The number of nitrogens with zero attached hydrogens (tertiary/aromatic N) is 1. The maximum absolute atomic E-state index is 12.5. The molecule has 0 atom stereocenters. The Morgan fingerprint density at radius 3 is 2.38 bits per heavy atom. The number of pyridine rings is 1. The summed E-state index contributed by atoms with van der Waals surface area (Å²) < 4.78 is 16.1. The Balaban J connectivity index is 2.29. The number of nitrogens with one attached hydrogen (secondary N) is 1. The fourth-order valence-electron chi connectivity index (χ4n) is 2.75. The average Bonchev–Trinajstić information content (AvgIpc) is 2.68. The third-order valence-corrected chi connectivity index (χ3v) is 3.92. The number of methoxy groups -OCH3 is 2. The smallest absolute Gasteiger partial charge is 0.341 e. The van der Waals surface area contributed by atoms with Crippen molar-refractivity contribution in [2.24, 2.45) is 0 Å². The van der Waals surface area contributed by atoms with Crippen molar-refractivity contribution in [1.82, 2.24) is 4.98 Å². The molecule has 1 N–H and O–H groups in total. The standard InChI is InChI=1S/C20H20N2O4/c1-4-26-20(23)14-12-21-19-16(25-3)11-10-15(24-2)17(19)18(14)22-13-8-6-5-7-9-13/h5-12H,4H2,1-3H3,(H,21,22). The van der Waals surface area contributed by atoms with Gasteiger partial charge in [0.1, 0.15) is 22.6 Å². The van der Waals surface area contributed by atoms with E-state index in [1.54, 1.807) is 33.3 Å². The van der Waals surface area contributed by atoms with Crippen molar-refractivity contribution in [2.45, 2.75) is 6.92 Å². The number of anilines is 2. The normalized spacial score (nSPS) is 10.4. The Kier molecular flexibility index (Phi) is 5.22. The number of rotatable bonds is 6. The van der Waals surface area contributed by atoms with Gasteiger partial charge in [0.2, 0.25) is 0 Å². The van der Waals surface area contributed by atoms with Gasteiger partial charge >= 0.3 is 5.97 Å². The number of carbonyl (C=O) groups excluding carboxylic acids is 1. The molecule has 1 aromatic heterocycles. The van der Waals surface area contributed by atoms with Crippen molar-refractivity contribution in [2.75, 3.05) is 26.1 Å². The molecular formula is C20H20N2O4. The van der Waals surface area contributed by atoms with Gasteiger partial charge in [-0.2, -0.15) is 0 Å². The van der Waals surface area contributed by atoms with Gasteiger partial charge in [0.15, 0.2) is 0 Å². The molecular weight excluding hydrogens is 332 g/mol. The minimum absolute atomic E-state index is 0.275. The van der Waals surface area contributed by atoms with Crippen LogP contribution in [0.3, 0.4) is 0 Å². The van der Waals surface area contributed by atoms with Crippen molar-refractivity contribution in [3.8, 4) is 11.5 Å². The Bertz CT molecular complexity index is 926. The molecule has 134 valence electrons. The van der Waals surface area contributed by atoms with Crippen LogP contribution in [0.2, 0.25) is 0 Å². The van der Waals surface area contributed by atoms with Crippen molar-refractivity contribution in [1.29, 1.82) is 0 Å². The first kappa shape index (κ1) is 17.5. The number of carbonyl (C=O) groups is 1. The SMILES string of the molecule is CCOC(=O)c1cnc2c(OC)ccc(OC)c2c1Nc1ccccc1. The van der Waals surface area contributed by atoms with Gasteiger partial charge in [-0.05, 0) is 31.2 Å². The fraction of sp³-hybridized carbons (Fsp3) is 0.200. The first-order valence-electron chi connectivity index (χ1n) is 8.22. The second-order valence-corrected chi connectivity index (χ2v) is 5.45. The van der Waals surface area contributed by atoms with Crippen molar-refractivity contribution >= 4 is 28.2 Å². The molecule has 0 radical (unpaired) electrons. The topological polar surface area (TPSA) is 69.7 Å². The molecule has 6 nitrogen and oxygen atoms in total. The fourth-order valence-corrected chi connectivity index (χ4v) is 2.75. The van der Waals surface area contributed by atoms with Crippen molar-refractivity contribution in [3.63, 3.8) is 0 Å². The van der Waals surface area contributed by atoms with Crippen LogP contribution in [-0.4, -0.2) is 31.8 Å². The Morgan fingerprint density at radius 2 is 1.73 bits per heavy atom. The van der Waals surface area contributed by atoms with Gasteiger partial charge in [-0.25, -0.2) is 4.79 Å². The van der Waals surface area contributed by atoms with E-state index < -0.39 is 5.97 Å². The zero-order valence-electron chi connectivity index (χ0n) is 14.9. The monoisotopic (exact) mass is 352 g/mol. The van der Waals surface area contributed by atoms with E-state index in [4.69, 9.17) is 14.2 Å². The lowest BCUT2D eigenvalue weighted by Crippen LogP contribution is -2.10. The summed E-state index contributed by atoms with van der Waals surface area (Å²) in [7, 11) is 3.15. The number of aromatic nitrogens is 1. The predicted molar refractivity (Wildman–Crippen MR) is 101 cm³/mol. The molecule has 2 aromatic carbocycles. The third kappa shape index (κ3) is 3.26. The highest BCUT2D eigenvalue weighted by Crippen LogP contribution is 2.39. The zero-order chi connectivity index (χ0) is 18.5. The minimum atomic E-state index is -0.454. The minimum Gasteiger partial charge on any atom is -0.496 e. The highest BCUT2D eigenvalue weighted by molar-refractivity contribution is 6.09. The highest BCUT2D eigenvalue weighted by Gasteiger charge is 2.21. The van der Waals surface area contributed by atoms with Gasteiger partial charge in [0, 0.05) is 11.9 Å². The van der Waals surface area contributed by atoms with E-state index >= 15 is 0 Å². The van der Waals surface area contributed by atoms with Crippen LogP contribution in [0.5, 0.6) is 11.5 Å². The van der Waals surface area contributed by atoms with E-state index in [2.05, 4.69) is 10.3 Å². The second kappa shape index (κ2) is 7.74. The summed E-state index contributed by atoms with van der Waals surface area (Å²) in [6, 6.07) is 13.1. The van der Waals surface area contributed by atoms with E-state index in [1.165, 1.54) is 6.20 Å². The van der Waals surface area contributed by atoms with Crippen LogP contribution in [0.25, 0.3) is 10.9 Å². The van der Waals surface area contributed by atoms with Crippen LogP contribution in [0.4, 0.5) is 11.4 Å². The molecule has 0 saturated heterocycles. The van der Waals surface area contributed by atoms with E-state index in [0.717, 1.165) is 5.69 Å². The van der Waals surface area contributed by atoms with Gasteiger partial charge in [0.25, 0.3) is 0 Å². The maximum Gasteiger partial charge on any atom is 0.341 e. The van der Waals surface area contributed by atoms with Crippen LogP contribution in [0.1, 0.15) is 17.3 Å². The number of para-hydroxylation sites is 1. The molecule has 26 heavy (non-hydrogen) atoms. The average molecular weight is 352 g/mol. The maximum atomic E-state index is 12.5. The lowest BCUT2D eigenvalue weighted by atomic mass is 10.1. The van der Waals surface area contributed by atoms with E-state index in [1.807, 2.05) is 30.3 Å². The van der Waals surface area contributed by atoms with Crippen LogP contribution in [-0.2, 0) is 4.74 Å². The van der Waals surface area contributed by atoms with Gasteiger partial charge in [0.05, 0.1) is 31.9 Å². The first-order chi connectivity index (χ1) is 12.7. The highest BCUT2D eigenvalue weighted by atomic mass is 16.5. The summed E-state index contributed by atoms with van der Waals surface area (Å²) in [5.74, 6) is 0.718. The molecule has 0 unspecified atom stereocenters. The number of benzene rings is 2. The molecule has 6 heteroatoms.